The summed E-state index contributed by atoms with van der Waals surface area (Å²) in [7, 11) is -4.55. The molecule has 1 atom stereocenters. The Morgan fingerprint density at radius 1 is 1.43 bits per heavy atom. The van der Waals surface area contributed by atoms with E-state index in [1.165, 1.54) is 7.11 Å². The molecule has 1 rings (SSSR count). The summed E-state index contributed by atoms with van der Waals surface area (Å²) < 4.78 is 61.9. The minimum absolute atomic E-state index is 0.0481. The van der Waals surface area contributed by atoms with Crippen LogP contribution in [0.5, 0.6) is 0 Å². The summed E-state index contributed by atoms with van der Waals surface area (Å²) in [5.74, 6) is -0.547. The highest BCUT2D eigenvalue weighted by molar-refractivity contribution is 7.86. The number of halogens is 3. The zero-order valence-corrected chi connectivity index (χ0v) is 11.8. The van der Waals surface area contributed by atoms with Crippen molar-refractivity contribution in [3.8, 4) is 0 Å². The van der Waals surface area contributed by atoms with E-state index in [0.717, 1.165) is 19.4 Å². The molecule has 1 fully saturated rings. The van der Waals surface area contributed by atoms with Gasteiger partial charge in [-0.1, -0.05) is 0 Å². The molecule has 0 aromatic rings. The highest BCUT2D eigenvalue weighted by Crippen LogP contribution is 2.20. The molecule has 0 aliphatic carbocycles. The number of methoxy groups -OCH3 is 1. The van der Waals surface area contributed by atoms with Gasteiger partial charge in [0.25, 0.3) is 0 Å². The smallest absolute Gasteiger partial charge is 0.468 e. The Morgan fingerprint density at radius 2 is 1.95 bits per heavy atom. The van der Waals surface area contributed by atoms with Crippen molar-refractivity contribution in [2.45, 2.75) is 24.4 Å². The lowest BCUT2D eigenvalue weighted by Crippen LogP contribution is -2.42. The summed E-state index contributed by atoms with van der Waals surface area (Å²) in [5.41, 5.74) is -5.53. The number of hydrogen-bond acceptors (Lipinski definition) is 6. The number of ether oxygens (including phenoxy) is 1. The summed E-state index contributed by atoms with van der Waals surface area (Å²) >= 11 is 0. The SMILES string of the molecule is COC(=O)CNC(=O)[C@@H]1CCCN1.O=S(=O)(O)C(F)(F)F. The highest BCUT2D eigenvalue weighted by atomic mass is 32.2. The van der Waals surface area contributed by atoms with Crippen molar-refractivity contribution in [1.29, 1.82) is 0 Å². The highest BCUT2D eigenvalue weighted by Gasteiger charge is 2.44. The molecule has 1 amide bonds. The summed E-state index contributed by atoms with van der Waals surface area (Å²) in [6, 6.07) is -0.135. The molecule has 3 N–H and O–H groups in total. The van der Waals surface area contributed by atoms with Gasteiger partial charge >= 0.3 is 21.6 Å². The number of hydrogen-bond donors (Lipinski definition) is 3. The number of rotatable bonds is 3. The molecule has 0 saturated carbocycles. The summed E-state index contributed by atoms with van der Waals surface area (Å²) in [4.78, 5) is 22.0. The molecule has 1 aliphatic heterocycles. The Bertz CT molecular complexity index is 459. The van der Waals surface area contributed by atoms with E-state index in [2.05, 4.69) is 15.4 Å². The molecule has 8 nitrogen and oxygen atoms in total. The molecule has 1 saturated heterocycles. The van der Waals surface area contributed by atoms with Gasteiger partial charge in [-0.2, -0.15) is 21.6 Å². The first-order chi connectivity index (χ1) is 9.49. The van der Waals surface area contributed by atoms with E-state index >= 15 is 0 Å². The minimum atomic E-state index is -5.84. The third kappa shape index (κ3) is 7.82. The fourth-order valence-electron chi connectivity index (χ4n) is 1.26. The van der Waals surface area contributed by atoms with Gasteiger partial charge in [-0.3, -0.25) is 14.1 Å². The molecule has 12 heteroatoms. The van der Waals surface area contributed by atoms with Crippen molar-refractivity contribution in [3.63, 3.8) is 0 Å². The van der Waals surface area contributed by atoms with Crippen LogP contribution in [0.15, 0.2) is 0 Å². The first kappa shape index (κ1) is 19.6. The number of carbonyl (C=O) groups is 2. The standard InChI is InChI=1S/C8H14N2O3.CHF3O3S/c1-13-7(11)5-10-8(12)6-3-2-4-9-6;2-1(3,4)8(5,6)7/h6,9H,2-5H2,1H3,(H,10,12);(H,5,6,7)/t6-;/m0./s1. The predicted molar refractivity (Wildman–Crippen MR) is 63.7 cm³/mol. The fraction of sp³-hybridized carbons (Fsp3) is 0.778. The summed E-state index contributed by atoms with van der Waals surface area (Å²) in [6.45, 7) is 0.823. The van der Waals surface area contributed by atoms with Crippen LogP contribution in [-0.4, -0.2) is 56.6 Å². The van der Waals surface area contributed by atoms with Crippen molar-refractivity contribution < 1.29 is 40.5 Å². The largest absolute Gasteiger partial charge is 0.522 e. The van der Waals surface area contributed by atoms with Crippen molar-refractivity contribution >= 4 is 22.0 Å². The summed E-state index contributed by atoms with van der Waals surface area (Å²) in [6.07, 6.45) is 1.85. The molecular formula is C9H15F3N2O6S. The first-order valence-electron chi connectivity index (χ1n) is 5.60. The van der Waals surface area contributed by atoms with Crippen molar-refractivity contribution in [2.75, 3.05) is 20.2 Å². The topological polar surface area (TPSA) is 122 Å². The number of alkyl halides is 3. The van der Waals surface area contributed by atoms with Crippen molar-refractivity contribution in [3.05, 3.63) is 0 Å². The monoisotopic (exact) mass is 336 g/mol. The van der Waals surface area contributed by atoms with Crippen LogP contribution < -0.4 is 10.6 Å². The van der Waals surface area contributed by atoms with Gasteiger partial charge in [-0.25, -0.2) is 0 Å². The van der Waals surface area contributed by atoms with E-state index < -0.39 is 21.6 Å². The molecular weight excluding hydrogens is 321 g/mol. The van der Waals surface area contributed by atoms with Gasteiger partial charge in [-0.05, 0) is 19.4 Å². The number of carbonyl (C=O) groups excluding carboxylic acids is 2. The Labute approximate surface area is 118 Å². The lowest BCUT2D eigenvalue weighted by atomic mass is 10.2. The van der Waals surface area contributed by atoms with Crippen molar-refractivity contribution in [2.24, 2.45) is 0 Å². The molecule has 1 heterocycles. The van der Waals surface area contributed by atoms with Gasteiger partial charge in [0.2, 0.25) is 5.91 Å². The van der Waals surface area contributed by atoms with Crippen LogP contribution in [0, 0.1) is 0 Å². The Hall–Kier alpha value is -1.40. The lowest BCUT2D eigenvalue weighted by molar-refractivity contribution is -0.141. The zero-order chi connectivity index (χ0) is 16.7. The molecule has 0 unspecified atom stereocenters. The molecule has 124 valence electrons. The van der Waals surface area contributed by atoms with E-state index in [-0.39, 0.29) is 18.5 Å². The van der Waals surface area contributed by atoms with Gasteiger partial charge in [0, 0.05) is 0 Å². The second-order valence-electron chi connectivity index (χ2n) is 3.86. The number of esters is 1. The lowest BCUT2D eigenvalue weighted by Gasteiger charge is -2.09. The second-order valence-corrected chi connectivity index (χ2v) is 5.28. The third-order valence-corrected chi connectivity index (χ3v) is 2.89. The Kier molecular flexibility index (Phi) is 7.60. The Morgan fingerprint density at radius 3 is 2.29 bits per heavy atom. The van der Waals surface area contributed by atoms with Gasteiger partial charge in [0.1, 0.15) is 6.54 Å². The van der Waals surface area contributed by atoms with Gasteiger partial charge < -0.3 is 15.4 Å². The maximum atomic E-state index is 11.3. The number of nitrogens with one attached hydrogen (secondary N) is 2. The van der Waals surface area contributed by atoms with Crippen molar-refractivity contribution in [1.82, 2.24) is 10.6 Å². The Balaban J connectivity index is 0.000000433. The fourth-order valence-corrected chi connectivity index (χ4v) is 1.26. The average molecular weight is 336 g/mol. The van der Waals surface area contributed by atoms with Crippen LogP contribution in [0.3, 0.4) is 0 Å². The molecule has 0 radical (unpaired) electrons. The van der Waals surface area contributed by atoms with E-state index in [4.69, 9.17) is 13.0 Å². The molecule has 0 spiro atoms. The van der Waals surface area contributed by atoms with Crippen LogP contribution in [-0.2, 0) is 24.4 Å². The molecule has 0 aromatic carbocycles. The van der Waals surface area contributed by atoms with E-state index in [9.17, 15) is 22.8 Å². The molecule has 21 heavy (non-hydrogen) atoms. The van der Waals surface area contributed by atoms with Crippen LogP contribution >= 0.6 is 0 Å². The normalized spacial score (nSPS) is 18.4. The van der Waals surface area contributed by atoms with Crippen LogP contribution in [0.1, 0.15) is 12.8 Å². The second kappa shape index (κ2) is 8.14. The van der Waals surface area contributed by atoms with Crippen LogP contribution in [0.4, 0.5) is 13.2 Å². The molecule has 0 bridgehead atoms. The van der Waals surface area contributed by atoms with Gasteiger partial charge in [0.15, 0.2) is 0 Å². The quantitative estimate of drug-likeness (QED) is 0.358. The predicted octanol–water partition coefficient (Wildman–Crippen LogP) is -0.578. The zero-order valence-electron chi connectivity index (χ0n) is 10.9. The average Bonchev–Trinajstić information content (AvgIpc) is 2.87. The maximum Gasteiger partial charge on any atom is 0.522 e. The van der Waals surface area contributed by atoms with E-state index in [0.29, 0.717) is 0 Å². The van der Waals surface area contributed by atoms with Crippen LogP contribution in [0.2, 0.25) is 0 Å². The minimum Gasteiger partial charge on any atom is -0.468 e. The van der Waals surface area contributed by atoms with Crippen LogP contribution in [0.25, 0.3) is 0 Å². The van der Waals surface area contributed by atoms with Gasteiger partial charge in [-0.15, -0.1) is 0 Å². The summed E-state index contributed by atoms with van der Waals surface area (Å²) in [5, 5.41) is 5.53. The number of amides is 1. The molecule has 1 aliphatic rings. The molecule has 0 aromatic heterocycles. The first-order valence-corrected chi connectivity index (χ1v) is 7.04. The third-order valence-electron chi connectivity index (χ3n) is 2.30. The van der Waals surface area contributed by atoms with E-state index in [1.54, 1.807) is 0 Å². The van der Waals surface area contributed by atoms with Gasteiger partial charge in [0.05, 0.1) is 13.2 Å². The maximum absolute atomic E-state index is 11.3. The van der Waals surface area contributed by atoms with E-state index in [1.807, 2.05) is 0 Å².